The summed E-state index contributed by atoms with van der Waals surface area (Å²) < 4.78 is 25.9. The molecule has 1 aromatic heterocycles. The number of hydrogen-bond acceptors (Lipinski definition) is 4. The zero-order valence-electron chi connectivity index (χ0n) is 15.4. The average Bonchev–Trinajstić information content (AvgIpc) is 2.68. The Morgan fingerprint density at radius 2 is 1.93 bits per heavy atom. The van der Waals surface area contributed by atoms with Crippen LogP contribution in [0.5, 0.6) is 0 Å². The number of carbonyl (C=O) groups is 1. The highest BCUT2D eigenvalue weighted by Gasteiger charge is 2.17. The van der Waals surface area contributed by atoms with E-state index in [4.69, 9.17) is 11.6 Å². The molecule has 0 radical (unpaired) electrons. The van der Waals surface area contributed by atoms with Gasteiger partial charge in [0.15, 0.2) is 0 Å². The molecule has 0 fully saturated rings. The van der Waals surface area contributed by atoms with Crippen LogP contribution in [0.15, 0.2) is 59.4 Å². The molecule has 0 saturated heterocycles. The van der Waals surface area contributed by atoms with Crippen molar-refractivity contribution in [1.29, 1.82) is 0 Å². The second-order valence-corrected chi connectivity index (χ2v) is 8.17. The summed E-state index contributed by atoms with van der Waals surface area (Å²) in [6.07, 6.45) is 1.52. The summed E-state index contributed by atoms with van der Waals surface area (Å²) in [7, 11) is -1.08. The molecule has 2 aromatic carbocycles. The quantitative estimate of drug-likeness (QED) is 0.648. The van der Waals surface area contributed by atoms with Crippen LogP contribution in [0.25, 0.3) is 16.9 Å². The normalized spacial score (nSPS) is 11.8. The van der Waals surface area contributed by atoms with E-state index < -0.39 is 28.1 Å². The van der Waals surface area contributed by atoms with Crippen molar-refractivity contribution in [3.8, 4) is 16.9 Å². The van der Waals surface area contributed by atoms with Gasteiger partial charge in [0.25, 0.3) is 11.5 Å². The van der Waals surface area contributed by atoms with Crippen molar-refractivity contribution in [2.75, 3.05) is 18.6 Å². The SMILES string of the molecule is CS(=O)CCNC(=O)c1cc(-c2ccc(Cl)cc2)nn(-c2cccc(F)c2)c1=O. The first-order chi connectivity index (χ1) is 13.8. The van der Waals surface area contributed by atoms with Crippen LogP contribution in [0.1, 0.15) is 10.4 Å². The first kappa shape index (κ1) is 20.9. The maximum absolute atomic E-state index is 13.7. The Kier molecular flexibility index (Phi) is 6.56. The summed E-state index contributed by atoms with van der Waals surface area (Å²) in [5.74, 6) is -0.897. The summed E-state index contributed by atoms with van der Waals surface area (Å²) in [4.78, 5) is 25.5. The molecule has 0 aliphatic heterocycles. The molecule has 29 heavy (non-hydrogen) atoms. The molecule has 3 aromatic rings. The lowest BCUT2D eigenvalue weighted by Gasteiger charge is -2.11. The molecule has 0 spiro atoms. The minimum Gasteiger partial charge on any atom is -0.351 e. The van der Waals surface area contributed by atoms with E-state index in [0.29, 0.717) is 16.3 Å². The van der Waals surface area contributed by atoms with Gasteiger partial charge < -0.3 is 5.32 Å². The van der Waals surface area contributed by atoms with Gasteiger partial charge in [-0.25, -0.2) is 4.39 Å². The van der Waals surface area contributed by atoms with E-state index in [-0.39, 0.29) is 23.5 Å². The van der Waals surface area contributed by atoms with E-state index >= 15 is 0 Å². The van der Waals surface area contributed by atoms with Gasteiger partial charge in [-0.15, -0.1) is 0 Å². The lowest BCUT2D eigenvalue weighted by Crippen LogP contribution is -2.35. The maximum atomic E-state index is 13.7. The fourth-order valence-corrected chi connectivity index (χ4v) is 3.12. The third kappa shape index (κ3) is 5.16. The van der Waals surface area contributed by atoms with Crippen LogP contribution in [0, 0.1) is 5.82 Å². The highest BCUT2D eigenvalue weighted by Crippen LogP contribution is 2.20. The fourth-order valence-electron chi connectivity index (χ4n) is 2.61. The van der Waals surface area contributed by atoms with Gasteiger partial charge in [-0.3, -0.25) is 13.8 Å². The van der Waals surface area contributed by atoms with Crippen LogP contribution in [0.3, 0.4) is 0 Å². The Balaban J connectivity index is 2.11. The summed E-state index contributed by atoms with van der Waals surface area (Å²) in [6.45, 7) is 0.153. The van der Waals surface area contributed by atoms with Crippen LogP contribution in [-0.4, -0.2) is 38.4 Å². The largest absolute Gasteiger partial charge is 0.351 e. The van der Waals surface area contributed by atoms with Crippen molar-refractivity contribution in [2.45, 2.75) is 0 Å². The van der Waals surface area contributed by atoms with Gasteiger partial charge in [-0.05, 0) is 36.4 Å². The fraction of sp³-hybridized carbons (Fsp3) is 0.150. The van der Waals surface area contributed by atoms with Crippen molar-refractivity contribution in [3.63, 3.8) is 0 Å². The number of halogens is 2. The van der Waals surface area contributed by atoms with Gasteiger partial charge in [-0.2, -0.15) is 9.78 Å². The first-order valence-corrected chi connectivity index (χ1v) is 10.7. The van der Waals surface area contributed by atoms with Crippen LogP contribution in [0.4, 0.5) is 4.39 Å². The summed E-state index contributed by atoms with van der Waals surface area (Å²) in [5, 5.41) is 7.41. The summed E-state index contributed by atoms with van der Waals surface area (Å²) >= 11 is 5.93. The molecule has 1 heterocycles. The number of nitrogens with zero attached hydrogens (tertiary/aromatic N) is 2. The molecule has 150 valence electrons. The second kappa shape index (κ2) is 9.11. The molecule has 0 bridgehead atoms. The third-order valence-corrected chi connectivity index (χ3v) is 5.06. The zero-order chi connectivity index (χ0) is 21.0. The van der Waals surface area contributed by atoms with E-state index in [1.165, 1.54) is 30.5 Å². The molecule has 9 heteroatoms. The number of benzene rings is 2. The van der Waals surface area contributed by atoms with Crippen LogP contribution in [0.2, 0.25) is 5.02 Å². The van der Waals surface area contributed by atoms with Gasteiger partial charge in [0, 0.05) is 39.9 Å². The Labute approximate surface area is 173 Å². The smallest absolute Gasteiger partial charge is 0.284 e. The predicted molar refractivity (Wildman–Crippen MR) is 112 cm³/mol. The van der Waals surface area contributed by atoms with E-state index in [0.717, 1.165) is 10.7 Å². The number of carbonyl (C=O) groups excluding carboxylic acids is 1. The van der Waals surface area contributed by atoms with Crippen molar-refractivity contribution in [2.24, 2.45) is 0 Å². The van der Waals surface area contributed by atoms with Gasteiger partial charge in [-0.1, -0.05) is 29.8 Å². The summed E-state index contributed by atoms with van der Waals surface area (Å²) in [5.41, 5.74) is 0.312. The monoisotopic (exact) mass is 433 g/mol. The van der Waals surface area contributed by atoms with Gasteiger partial charge in [0.2, 0.25) is 0 Å². The van der Waals surface area contributed by atoms with Crippen molar-refractivity contribution < 1.29 is 13.4 Å². The number of nitrogens with one attached hydrogen (secondary N) is 1. The molecule has 1 atom stereocenters. The molecule has 0 aliphatic rings. The molecule has 3 rings (SSSR count). The van der Waals surface area contributed by atoms with Gasteiger partial charge in [0.05, 0.1) is 11.4 Å². The second-order valence-electron chi connectivity index (χ2n) is 6.18. The van der Waals surface area contributed by atoms with Gasteiger partial charge >= 0.3 is 0 Å². The van der Waals surface area contributed by atoms with Crippen LogP contribution in [-0.2, 0) is 10.8 Å². The minimum atomic E-state index is -1.08. The highest BCUT2D eigenvalue weighted by molar-refractivity contribution is 7.84. The number of aromatic nitrogens is 2. The highest BCUT2D eigenvalue weighted by atomic mass is 35.5. The third-order valence-electron chi connectivity index (χ3n) is 4.02. The molecule has 0 saturated carbocycles. The Morgan fingerprint density at radius 3 is 2.59 bits per heavy atom. The van der Waals surface area contributed by atoms with E-state index in [9.17, 15) is 18.2 Å². The molecule has 1 N–H and O–H groups in total. The molecular weight excluding hydrogens is 417 g/mol. The average molecular weight is 434 g/mol. The Hall–Kier alpha value is -2.84. The maximum Gasteiger partial charge on any atom is 0.284 e. The first-order valence-electron chi connectivity index (χ1n) is 8.59. The van der Waals surface area contributed by atoms with E-state index in [2.05, 4.69) is 10.4 Å². The standard InChI is InChI=1S/C20H17ClFN3O3S/c1-29(28)10-9-23-19(26)17-12-18(13-5-7-14(21)8-6-13)24-25(20(17)27)16-4-2-3-15(22)11-16/h2-8,11-12H,9-10H2,1H3,(H,23,26). The molecule has 0 aliphatic carbocycles. The Bertz CT molecular complexity index is 1130. The molecule has 1 unspecified atom stereocenters. The lowest BCUT2D eigenvalue weighted by atomic mass is 10.1. The molecule has 1 amide bonds. The van der Waals surface area contributed by atoms with Crippen LogP contribution >= 0.6 is 11.6 Å². The molecule has 6 nitrogen and oxygen atoms in total. The minimum absolute atomic E-state index is 0.153. The Morgan fingerprint density at radius 1 is 1.21 bits per heavy atom. The number of hydrogen-bond donors (Lipinski definition) is 1. The number of rotatable bonds is 6. The van der Waals surface area contributed by atoms with E-state index in [1.54, 1.807) is 24.3 Å². The van der Waals surface area contributed by atoms with Crippen molar-refractivity contribution in [1.82, 2.24) is 15.1 Å². The van der Waals surface area contributed by atoms with Crippen molar-refractivity contribution >= 4 is 28.3 Å². The van der Waals surface area contributed by atoms with Crippen LogP contribution < -0.4 is 10.9 Å². The predicted octanol–water partition coefficient (Wildman–Crippen LogP) is 2.80. The molecular formula is C20H17ClFN3O3S. The van der Waals surface area contributed by atoms with Gasteiger partial charge in [0.1, 0.15) is 11.4 Å². The lowest BCUT2D eigenvalue weighted by molar-refractivity contribution is 0.0954. The zero-order valence-corrected chi connectivity index (χ0v) is 17.0. The van der Waals surface area contributed by atoms with E-state index in [1.807, 2.05) is 0 Å². The van der Waals surface area contributed by atoms with Crippen molar-refractivity contribution in [3.05, 3.63) is 81.4 Å². The topological polar surface area (TPSA) is 81.1 Å². The summed E-state index contributed by atoms with van der Waals surface area (Å²) in [6, 6.07) is 13.5. The number of amides is 1.